The second kappa shape index (κ2) is 19.4. The molecule has 7 saturated carbocycles. The highest BCUT2D eigenvalue weighted by molar-refractivity contribution is 7.01. The number of fused-ring (bicyclic) bond motifs is 3. The SMILES string of the molecule is C[Si](C)O[Si]1(C2CCCC2)O[Si]2(C3CCCC3)O[Si](O[Si](C)C)(C3CCCC3)O[Si]3(C4CCCC4)O[Si](O[Si](C)C)(C4CCCC4)O[Si](C4CCCC4)(O1)O[Si](C1CCCC1)(O2)O3. The van der Waals surface area contributed by atoms with Crippen molar-refractivity contribution in [1.82, 2.24) is 0 Å². The highest BCUT2D eigenvalue weighted by Gasteiger charge is 2.84. The van der Waals surface area contributed by atoms with Gasteiger partial charge < -0.3 is 49.4 Å². The molecule has 10 rings (SSSR count). The molecular weight excluding hydrogens is 965 g/mol. The molecular formula is C41H81O12Si10. The average molecular weight is 1050 g/mol. The molecule has 0 atom stereocenters. The summed E-state index contributed by atoms with van der Waals surface area (Å²) in [6, 6.07) is 0. The Hall–Kier alpha value is 1.69. The average Bonchev–Trinajstić information content (AvgIpc) is 4.07. The van der Waals surface area contributed by atoms with Gasteiger partial charge in [0.25, 0.3) is 0 Å². The maximum Gasteiger partial charge on any atom is 0.482 e. The summed E-state index contributed by atoms with van der Waals surface area (Å²) in [5.41, 5.74) is 0.606. The third-order valence-electron chi connectivity index (χ3n) is 16.6. The van der Waals surface area contributed by atoms with Gasteiger partial charge in [-0.3, -0.25) is 0 Å². The van der Waals surface area contributed by atoms with Gasteiger partial charge in [0.2, 0.25) is 0 Å². The lowest BCUT2D eigenvalue weighted by Crippen LogP contribution is -2.86. The van der Waals surface area contributed by atoms with Gasteiger partial charge in [-0.2, -0.15) is 0 Å². The van der Waals surface area contributed by atoms with Crippen LogP contribution in [0.4, 0.5) is 0 Å². The van der Waals surface area contributed by atoms with E-state index in [2.05, 4.69) is 39.3 Å². The first-order chi connectivity index (χ1) is 30.3. The fraction of sp³-hybridized carbons (Fsp3) is 1.00. The van der Waals surface area contributed by atoms with Crippen LogP contribution in [0.15, 0.2) is 0 Å². The summed E-state index contributed by atoms with van der Waals surface area (Å²) in [5.74, 6) is 0. The molecule has 3 radical (unpaired) electrons. The molecule has 0 aromatic carbocycles. The van der Waals surface area contributed by atoms with Gasteiger partial charge in [-0.05, 0) is 129 Å². The maximum absolute atomic E-state index is 8.60. The standard InChI is InChI=1S/C41H81O12Si10/c1-54(2)42-57(35-21-7-8-22-35)45-60(38-27-13-14-28-38)47-58(43-55(3)4,36-23-9-10-24-36)49-62(40-31-17-18-32-40)50-59(44-56(5)6,37-25-11-12-26-37)48-61(46-57,39-29-15-16-30-39)52-63(51-60,53-62)41-33-19-20-34-41/h35-41H,7-34H2,1-6H3. The summed E-state index contributed by atoms with van der Waals surface area (Å²) < 4.78 is 100. The third kappa shape index (κ3) is 9.27. The predicted octanol–water partition coefficient (Wildman–Crippen LogP) is 12.2. The predicted molar refractivity (Wildman–Crippen MR) is 261 cm³/mol. The Labute approximate surface area is 393 Å². The number of hydrogen-bond acceptors (Lipinski definition) is 12. The Morgan fingerprint density at radius 3 is 0.587 bits per heavy atom. The summed E-state index contributed by atoms with van der Waals surface area (Å²) in [7, 11) is -31.3. The van der Waals surface area contributed by atoms with Crippen molar-refractivity contribution >= 4 is 88.8 Å². The summed E-state index contributed by atoms with van der Waals surface area (Å²) in [6.07, 6.45) is 29.8. The molecule has 10 aliphatic rings. The van der Waals surface area contributed by atoms with Crippen LogP contribution >= 0.6 is 0 Å². The van der Waals surface area contributed by atoms with Crippen molar-refractivity contribution in [3.05, 3.63) is 0 Å². The quantitative estimate of drug-likeness (QED) is 0.164. The first-order valence-electron chi connectivity index (χ1n) is 26.1. The molecule has 0 aromatic rings. The molecule has 0 N–H and O–H groups in total. The molecule has 63 heavy (non-hydrogen) atoms. The smallest absolute Gasteiger partial charge is 0.416 e. The van der Waals surface area contributed by atoms with E-state index in [9.17, 15) is 0 Å². The Bertz CT molecular complexity index is 1360. The van der Waals surface area contributed by atoms with E-state index in [0.29, 0.717) is 0 Å². The van der Waals surface area contributed by atoms with Crippen molar-refractivity contribution in [1.29, 1.82) is 0 Å². The van der Waals surface area contributed by atoms with Gasteiger partial charge in [0.1, 0.15) is 0 Å². The second-order valence-corrected chi connectivity index (χ2v) is 51.5. The van der Waals surface area contributed by atoms with E-state index in [1.54, 1.807) is 0 Å². The third-order valence-corrected chi connectivity index (χ3v) is 56.4. The van der Waals surface area contributed by atoms with Crippen LogP contribution in [0.25, 0.3) is 0 Å². The molecule has 0 amide bonds. The van der Waals surface area contributed by atoms with E-state index < -0.39 is 88.8 Å². The van der Waals surface area contributed by atoms with Gasteiger partial charge in [0, 0.05) is 38.8 Å². The summed E-state index contributed by atoms with van der Waals surface area (Å²) >= 11 is 0. The van der Waals surface area contributed by atoms with Crippen molar-refractivity contribution in [2.24, 2.45) is 0 Å². The van der Waals surface area contributed by atoms with Crippen molar-refractivity contribution in [2.75, 3.05) is 0 Å². The summed E-state index contributed by atoms with van der Waals surface area (Å²) in [5, 5.41) is 0. The molecule has 22 heteroatoms. The first kappa shape index (κ1) is 48.3. The van der Waals surface area contributed by atoms with E-state index in [4.69, 9.17) is 49.4 Å². The maximum atomic E-state index is 8.60. The fourth-order valence-electron chi connectivity index (χ4n) is 13.8. The first-order valence-corrected chi connectivity index (χ1v) is 46.0. The minimum atomic E-state index is -3.95. The van der Waals surface area contributed by atoms with Crippen LogP contribution in [0.2, 0.25) is 78.1 Å². The Morgan fingerprint density at radius 1 is 0.254 bits per heavy atom. The van der Waals surface area contributed by atoms with E-state index in [1.807, 2.05) is 0 Å². The molecule has 357 valence electrons. The lowest BCUT2D eigenvalue weighted by molar-refractivity contribution is -0.00581. The Kier molecular flexibility index (Phi) is 14.9. The normalized spacial score (nSPS) is 43.6. The number of rotatable bonds is 13. The van der Waals surface area contributed by atoms with E-state index in [-0.39, 0.29) is 38.8 Å². The number of hydrogen-bond donors (Lipinski definition) is 0. The van der Waals surface area contributed by atoms with Crippen LogP contribution in [-0.4, -0.2) is 88.8 Å². The Balaban J connectivity index is 1.31. The molecule has 0 unspecified atom stereocenters. The second-order valence-electron chi connectivity index (χ2n) is 22.0. The van der Waals surface area contributed by atoms with Gasteiger partial charge >= 0.3 is 61.6 Å². The highest BCUT2D eigenvalue weighted by Crippen LogP contribution is 2.63. The lowest BCUT2D eigenvalue weighted by atomic mass is 10.4. The van der Waals surface area contributed by atoms with Crippen molar-refractivity contribution < 1.29 is 49.4 Å². The van der Waals surface area contributed by atoms with Crippen molar-refractivity contribution in [2.45, 2.75) is 258 Å². The molecule has 3 saturated heterocycles. The molecule has 3 heterocycles. The van der Waals surface area contributed by atoms with Gasteiger partial charge in [-0.15, -0.1) is 0 Å². The van der Waals surface area contributed by atoms with Crippen LogP contribution in [0.1, 0.15) is 180 Å². The molecule has 7 aliphatic carbocycles. The minimum absolute atomic E-state index is 0.0644. The topological polar surface area (TPSA) is 111 Å². The fourth-order valence-corrected chi connectivity index (χ4v) is 68.1. The van der Waals surface area contributed by atoms with Crippen LogP contribution in [0, 0.1) is 0 Å². The summed E-state index contributed by atoms with van der Waals surface area (Å²) in [4.78, 5) is 0. The van der Waals surface area contributed by atoms with Gasteiger partial charge in [-0.1, -0.05) is 89.9 Å². The van der Waals surface area contributed by atoms with Crippen LogP contribution < -0.4 is 0 Å². The van der Waals surface area contributed by atoms with E-state index in [1.165, 1.54) is 0 Å². The van der Waals surface area contributed by atoms with Crippen LogP contribution in [0.5, 0.6) is 0 Å². The molecule has 3 aliphatic heterocycles. The van der Waals surface area contributed by atoms with E-state index >= 15 is 0 Å². The molecule has 0 aromatic heterocycles. The van der Waals surface area contributed by atoms with Gasteiger partial charge in [-0.25, -0.2) is 0 Å². The van der Waals surface area contributed by atoms with Gasteiger partial charge in [0.15, 0.2) is 27.1 Å². The highest BCUT2D eigenvalue weighted by atomic mass is 28.6. The molecule has 0 spiro atoms. The lowest BCUT2D eigenvalue weighted by Gasteiger charge is -2.62. The zero-order valence-electron chi connectivity index (χ0n) is 39.7. The summed E-state index contributed by atoms with van der Waals surface area (Å²) in [6.45, 7) is 13.6. The largest absolute Gasteiger partial charge is 0.482 e. The molecule has 4 bridgehead atoms. The monoisotopic (exact) mass is 1050 g/mol. The van der Waals surface area contributed by atoms with E-state index in [0.717, 1.165) is 180 Å². The van der Waals surface area contributed by atoms with Crippen LogP contribution in [0.3, 0.4) is 0 Å². The van der Waals surface area contributed by atoms with Crippen LogP contribution in [-0.2, 0) is 49.4 Å². The van der Waals surface area contributed by atoms with Crippen molar-refractivity contribution in [3.8, 4) is 0 Å². The zero-order chi connectivity index (χ0) is 43.6. The minimum Gasteiger partial charge on any atom is -0.416 e. The van der Waals surface area contributed by atoms with Crippen molar-refractivity contribution in [3.63, 3.8) is 0 Å². The van der Waals surface area contributed by atoms with Gasteiger partial charge in [0.05, 0.1) is 0 Å². The molecule has 10 fully saturated rings. The Morgan fingerprint density at radius 2 is 0.413 bits per heavy atom. The molecule has 12 nitrogen and oxygen atoms in total. The zero-order valence-corrected chi connectivity index (χ0v) is 49.7.